The molecule has 0 aliphatic carbocycles. The van der Waals surface area contributed by atoms with Crippen molar-refractivity contribution in [1.82, 2.24) is 5.32 Å². The molecule has 0 saturated heterocycles. The summed E-state index contributed by atoms with van der Waals surface area (Å²) >= 11 is 1.71. The Balaban J connectivity index is 2.02. The number of benzene rings is 1. The first kappa shape index (κ1) is 16.5. The highest BCUT2D eigenvalue weighted by molar-refractivity contribution is 7.17. The van der Waals surface area contributed by atoms with Gasteiger partial charge in [-0.3, -0.25) is 9.59 Å². The van der Waals surface area contributed by atoms with Gasteiger partial charge in [-0.25, -0.2) is 0 Å². The van der Waals surface area contributed by atoms with Crippen LogP contribution in [0.2, 0.25) is 0 Å². The average Bonchev–Trinajstić information content (AvgIpc) is 2.80. The van der Waals surface area contributed by atoms with Crippen LogP contribution < -0.4 is 5.32 Å². The van der Waals surface area contributed by atoms with Crippen LogP contribution in [0.1, 0.15) is 33.3 Å². The Morgan fingerprint density at radius 1 is 1.32 bits per heavy atom. The van der Waals surface area contributed by atoms with Crippen LogP contribution in [0.3, 0.4) is 0 Å². The van der Waals surface area contributed by atoms with E-state index in [1.807, 2.05) is 19.1 Å². The Labute approximate surface area is 134 Å². The minimum atomic E-state index is -1.16. The Morgan fingerprint density at radius 3 is 2.68 bits per heavy atom. The van der Waals surface area contributed by atoms with E-state index < -0.39 is 11.6 Å². The molecule has 1 amide bonds. The molecule has 4 nitrogen and oxygen atoms in total. The molecule has 0 saturated carbocycles. The van der Waals surface area contributed by atoms with Crippen LogP contribution >= 0.6 is 11.3 Å². The lowest BCUT2D eigenvalue weighted by atomic mass is 10.0. The number of hydrogen-bond acceptors (Lipinski definition) is 4. The molecule has 2 aromatic rings. The van der Waals surface area contributed by atoms with Gasteiger partial charge in [-0.15, -0.1) is 11.3 Å². The number of carbonyl (C=O) groups is 2. The number of ether oxygens (including phenoxy) is 1. The molecule has 1 aromatic carbocycles. The van der Waals surface area contributed by atoms with Gasteiger partial charge < -0.3 is 10.1 Å². The highest BCUT2D eigenvalue weighted by Gasteiger charge is 2.31. The van der Waals surface area contributed by atoms with Crippen molar-refractivity contribution in [3.05, 3.63) is 35.2 Å². The van der Waals surface area contributed by atoms with Crippen molar-refractivity contribution in [2.24, 2.45) is 0 Å². The molecule has 0 unspecified atom stereocenters. The topological polar surface area (TPSA) is 55.4 Å². The first-order valence-electron chi connectivity index (χ1n) is 7.25. The van der Waals surface area contributed by atoms with Gasteiger partial charge in [0.15, 0.2) is 5.60 Å². The lowest BCUT2D eigenvalue weighted by molar-refractivity contribution is -0.163. The zero-order valence-corrected chi connectivity index (χ0v) is 14.1. The first-order valence-corrected chi connectivity index (χ1v) is 8.13. The Kier molecular flexibility index (Phi) is 4.86. The minimum Gasteiger partial charge on any atom is -0.450 e. The summed E-state index contributed by atoms with van der Waals surface area (Å²) in [5.41, 5.74) is 0.0651. The van der Waals surface area contributed by atoms with Crippen LogP contribution in [0, 0.1) is 0 Å². The molecule has 22 heavy (non-hydrogen) atoms. The van der Waals surface area contributed by atoms with Crippen LogP contribution in [-0.2, 0) is 20.7 Å². The molecular formula is C17H21NO3S. The third-order valence-corrected chi connectivity index (χ3v) is 4.42. The molecular weight excluding hydrogens is 298 g/mol. The van der Waals surface area contributed by atoms with Crippen LogP contribution in [0.15, 0.2) is 29.6 Å². The highest BCUT2D eigenvalue weighted by Crippen LogP contribution is 2.26. The monoisotopic (exact) mass is 319 g/mol. The van der Waals surface area contributed by atoms with E-state index in [1.54, 1.807) is 25.2 Å². The summed E-state index contributed by atoms with van der Waals surface area (Å²) in [6.45, 7) is 6.44. The van der Waals surface area contributed by atoms with Crippen LogP contribution in [0.5, 0.6) is 0 Å². The number of fused-ring (bicyclic) bond motifs is 1. The summed E-state index contributed by atoms with van der Waals surface area (Å²) in [6, 6.07) is 8.19. The van der Waals surface area contributed by atoms with E-state index in [-0.39, 0.29) is 11.9 Å². The van der Waals surface area contributed by atoms with E-state index in [0.717, 1.165) is 6.42 Å². The van der Waals surface area contributed by atoms with Gasteiger partial charge >= 0.3 is 5.97 Å². The second-order valence-corrected chi connectivity index (χ2v) is 6.85. The number of rotatable bonds is 5. The predicted octanol–water partition coefficient (Wildman–Crippen LogP) is 3.29. The van der Waals surface area contributed by atoms with Crippen LogP contribution in [0.4, 0.5) is 0 Å². The molecule has 0 spiro atoms. The third-order valence-electron chi connectivity index (χ3n) is 3.41. The molecule has 1 heterocycles. The molecule has 1 aromatic heterocycles. The molecule has 0 aliphatic rings. The number of carbonyl (C=O) groups excluding carboxylic acids is 2. The fourth-order valence-corrected chi connectivity index (χ4v) is 3.35. The number of thiophene rings is 1. The molecule has 0 fully saturated rings. The van der Waals surface area contributed by atoms with Crippen LogP contribution in [0.25, 0.3) is 10.1 Å². The van der Waals surface area contributed by atoms with Gasteiger partial charge in [0.25, 0.3) is 5.91 Å². The van der Waals surface area contributed by atoms with E-state index in [9.17, 15) is 9.59 Å². The molecule has 1 N–H and O–H groups in total. The second kappa shape index (κ2) is 6.48. The van der Waals surface area contributed by atoms with Gasteiger partial charge in [0.1, 0.15) is 0 Å². The van der Waals surface area contributed by atoms with E-state index in [4.69, 9.17) is 4.74 Å². The molecule has 0 aliphatic heterocycles. The Hall–Kier alpha value is -1.88. The van der Waals surface area contributed by atoms with Crippen molar-refractivity contribution in [1.29, 1.82) is 0 Å². The molecule has 118 valence electrons. The second-order valence-electron chi connectivity index (χ2n) is 5.94. The van der Waals surface area contributed by atoms with E-state index >= 15 is 0 Å². The molecule has 2 rings (SSSR count). The van der Waals surface area contributed by atoms with Gasteiger partial charge in [-0.1, -0.05) is 18.2 Å². The smallest absolute Gasteiger partial charge is 0.303 e. The zero-order valence-electron chi connectivity index (χ0n) is 13.3. The lowest BCUT2D eigenvalue weighted by Crippen LogP contribution is -2.48. The summed E-state index contributed by atoms with van der Waals surface area (Å²) in [6.07, 6.45) is 0.742. The van der Waals surface area contributed by atoms with Gasteiger partial charge in [0.05, 0.1) is 0 Å². The normalized spacial score (nSPS) is 12.9. The van der Waals surface area contributed by atoms with Gasteiger partial charge in [-0.2, -0.15) is 0 Å². The summed E-state index contributed by atoms with van der Waals surface area (Å²) in [5.74, 6) is -0.744. The third kappa shape index (κ3) is 3.85. The van der Waals surface area contributed by atoms with Crippen molar-refractivity contribution in [2.45, 2.75) is 45.8 Å². The van der Waals surface area contributed by atoms with Crippen molar-refractivity contribution in [3.63, 3.8) is 0 Å². The Morgan fingerprint density at radius 2 is 2.00 bits per heavy atom. The highest BCUT2D eigenvalue weighted by atomic mass is 32.1. The van der Waals surface area contributed by atoms with Crippen molar-refractivity contribution >= 4 is 33.3 Å². The van der Waals surface area contributed by atoms with Gasteiger partial charge in [0.2, 0.25) is 0 Å². The maximum Gasteiger partial charge on any atom is 0.303 e. The first-order chi connectivity index (χ1) is 10.3. The van der Waals surface area contributed by atoms with E-state index in [2.05, 4.69) is 22.8 Å². The van der Waals surface area contributed by atoms with Crippen molar-refractivity contribution in [2.75, 3.05) is 0 Å². The molecule has 0 bridgehead atoms. The molecule has 0 radical (unpaired) electrons. The predicted molar refractivity (Wildman–Crippen MR) is 89.0 cm³/mol. The standard InChI is InChI=1S/C17H21NO3S/c1-11(18-16(20)17(3,4)21-12(2)19)9-13-10-22-15-8-6-5-7-14(13)15/h5-8,10-11H,9H2,1-4H3,(H,18,20)/t11-/m1/s1. The Bertz CT molecular complexity index is 690. The molecule has 1 atom stereocenters. The molecule has 5 heteroatoms. The van der Waals surface area contributed by atoms with E-state index in [0.29, 0.717) is 0 Å². The zero-order chi connectivity index (χ0) is 16.3. The van der Waals surface area contributed by atoms with Crippen LogP contribution in [-0.4, -0.2) is 23.5 Å². The SMILES string of the molecule is CC(=O)OC(C)(C)C(=O)N[C@H](C)Cc1csc2ccccc12. The quantitative estimate of drug-likeness (QED) is 0.860. The number of amides is 1. The fourth-order valence-electron chi connectivity index (χ4n) is 2.38. The summed E-state index contributed by atoms with van der Waals surface area (Å²) < 4.78 is 6.30. The van der Waals surface area contributed by atoms with Gasteiger partial charge in [-0.05, 0) is 49.6 Å². The largest absolute Gasteiger partial charge is 0.450 e. The average molecular weight is 319 g/mol. The number of hydrogen-bond donors (Lipinski definition) is 1. The fraction of sp³-hybridized carbons (Fsp3) is 0.412. The maximum atomic E-state index is 12.2. The van der Waals surface area contributed by atoms with Crippen molar-refractivity contribution < 1.29 is 14.3 Å². The summed E-state index contributed by atoms with van der Waals surface area (Å²) in [4.78, 5) is 23.3. The maximum absolute atomic E-state index is 12.2. The summed E-state index contributed by atoms with van der Waals surface area (Å²) in [7, 11) is 0. The minimum absolute atomic E-state index is 0.0414. The van der Waals surface area contributed by atoms with E-state index in [1.165, 1.54) is 22.6 Å². The van der Waals surface area contributed by atoms with Gasteiger partial charge in [0, 0.05) is 17.7 Å². The number of nitrogens with one attached hydrogen (secondary N) is 1. The number of esters is 1. The lowest BCUT2D eigenvalue weighted by Gasteiger charge is -2.25. The summed E-state index contributed by atoms with van der Waals surface area (Å²) in [5, 5.41) is 6.28. The van der Waals surface area contributed by atoms with Crippen molar-refractivity contribution in [3.8, 4) is 0 Å².